The second kappa shape index (κ2) is 7.81. The van der Waals surface area contributed by atoms with E-state index in [1.807, 2.05) is 12.1 Å². The normalized spacial score (nSPS) is 10.6. The monoisotopic (exact) mass is 390 g/mol. The molecule has 3 aromatic rings. The fourth-order valence-corrected chi connectivity index (χ4v) is 3.00. The first-order valence-electron chi connectivity index (χ1n) is 7.76. The summed E-state index contributed by atoms with van der Waals surface area (Å²) in [5.74, 6) is 1.28. The van der Waals surface area contributed by atoms with Crippen LogP contribution in [-0.2, 0) is 6.54 Å². The summed E-state index contributed by atoms with van der Waals surface area (Å²) in [6.45, 7) is 0.237. The SMILES string of the molecule is COc1ccc(-c2ccc(=O)n(Cc3ccc(Cl)cc3Cl)n2)c(OC)c1. The number of aromatic nitrogens is 2. The fourth-order valence-electron chi connectivity index (χ4n) is 2.53. The Morgan fingerprint density at radius 1 is 1.00 bits per heavy atom. The van der Waals surface area contributed by atoms with Gasteiger partial charge in [-0.05, 0) is 35.9 Å². The van der Waals surface area contributed by atoms with Gasteiger partial charge >= 0.3 is 0 Å². The van der Waals surface area contributed by atoms with E-state index in [9.17, 15) is 4.79 Å². The summed E-state index contributed by atoms with van der Waals surface area (Å²) < 4.78 is 12.0. The molecule has 0 aliphatic rings. The first-order chi connectivity index (χ1) is 12.5. The lowest BCUT2D eigenvalue weighted by atomic mass is 10.1. The number of halogens is 2. The number of hydrogen-bond acceptors (Lipinski definition) is 4. The molecule has 0 saturated heterocycles. The van der Waals surface area contributed by atoms with Crippen LogP contribution in [0.3, 0.4) is 0 Å². The Labute approximate surface area is 160 Å². The Morgan fingerprint density at radius 3 is 2.50 bits per heavy atom. The molecule has 3 rings (SSSR count). The summed E-state index contributed by atoms with van der Waals surface area (Å²) >= 11 is 12.1. The molecule has 5 nitrogen and oxygen atoms in total. The zero-order valence-electron chi connectivity index (χ0n) is 14.2. The third-order valence-corrected chi connectivity index (χ3v) is 4.47. The number of nitrogens with zero attached hydrogens (tertiary/aromatic N) is 2. The third-order valence-electron chi connectivity index (χ3n) is 3.89. The second-order valence-corrected chi connectivity index (χ2v) is 6.36. The van der Waals surface area contributed by atoms with E-state index in [0.29, 0.717) is 27.2 Å². The van der Waals surface area contributed by atoms with Crippen molar-refractivity contribution in [3.8, 4) is 22.8 Å². The van der Waals surface area contributed by atoms with E-state index >= 15 is 0 Å². The summed E-state index contributed by atoms with van der Waals surface area (Å²) in [4.78, 5) is 12.2. The van der Waals surface area contributed by atoms with Gasteiger partial charge in [0.25, 0.3) is 5.56 Å². The Morgan fingerprint density at radius 2 is 1.81 bits per heavy atom. The van der Waals surface area contributed by atoms with Gasteiger partial charge in [-0.1, -0.05) is 29.3 Å². The third kappa shape index (κ3) is 3.84. The molecule has 0 aliphatic carbocycles. The molecule has 7 heteroatoms. The van der Waals surface area contributed by atoms with Gasteiger partial charge in [0, 0.05) is 27.7 Å². The lowest BCUT2D eigenvalue weighted by Crippen LogP contribution is -2.23. The molecule has 1 heterocycles. The predicted octanol–water partition coefficient (Wildman–Crippen LogP) is 4.28. The van der Waals surface area contributed by atoms with Crippen molar-refractivity contribution in [3.63, 3.8) is 0 Å². The van der Waals surface area contributed by atoms with Gasteiger partial charge in [0.15, 0.2) is 0 Å². The van der Waals surface area contributed by atoms with Gasteiger partial charge in [0.2, 0.25) is 0 Å². The topological polar surface area (TPSA) is 53.4 Å². The van der Waals surface area contributed by atoms with Crippen molar-refractivity contribution in [2.45, 2.75) is 6.54 Å². The van der Waals surface area contributed by atoms with Crippen LogP contribution in [0.2, 0.25) is 10.0 Å². The number of hydrogen-bond donors (Lipinski definition) is 0. The van der Waals surface area contributed by atoms with E-state index in [2.05, 4.69) is 5.10 Å². The summed E-state index contributed by atoms with van der Waals surface area (Å²) in [6.07, 6.45) is 0. The van der Waals surface area contributed by atoms with Gasteiger partial charge in [-0.3, -0.25) is 4.79 Å². The molecule has 2 aromatic carbocycles. The number of benzene rings is 2. The molecule has 0 bridgehead atoms. The van der Waals surface area contributed by atoms with Crippen molar-refractivity contribution in [1.82, 2.24) is 9.78 Å². The molecule has 26 heavy (non-hydrogen) atoms. The number of rotatable bonds is 5. The van der Waals surface area contributed by atoms with Crippen molar-refractivity contribution >= 4 is 23.2 Å². The van der Waals surface area contributed by atoms with Gasteiger partial charge in [0.1, 0.15) is 11.5 Å². The minimum Gasteiger partial charge on any atom is -0.497 e. The van der Waals surface area contributed by atoms with Crippen LogP contribution < -0.4 is 15.0 Å². The maximum atomic E-state index is 12.2. The van der Waals surface area contributed by atoms with Crippen LogP contribution in [0.1, 0.15) is 5.56 Å². The Balaban J connectivity index is 2.02. The van der Waals surface area contributed by atoms with Gasteiger partial charge in [0.05, 0.1) is 26.5 Å². The van der Waals surface area contributed by atoms with Gasteiger partial charge < -0.3 is 9.47 Å². The van der Waals surface area contributed by atoms with E-state index in [1.165, 1.54) is 10.7 Å². The number of methoxy groups -OCH3 is 2. The highest BCUT2D eigenvalue weighted by Gasteiger charge is 2.12. The Hall–Kier alpha value is -2.50. The molecule has 1 aromatic heterocycles. The fraction of sp³-hybridized carbons (Fsp3) is 0.158. The van der Waals surface area contributed by atoms with Gasteiger partial charge in [-0.25, -0.2) is 4.68 Å². The van der Waals surface area contributed by atoms with Crippen molar-refractivity contribution < 1.29 is 9.47 Å². The molecule has 0 unspecified atom stereocenters. The predicted molar refractivity (Wildman–Crippen MR) is 103 cm³/mol. The molecule has 0 aliphatic heterocycles. The van der Waals surface area contributed by atoms with Crippen LogP contribution in [0.25, 0.3) is 11.3 Å². The highest BCUT2D eigenvalue weighted by atomic mass is 35.5. The average Bonchev–Trinajstić information content (AvgIpc) is 2.65. The van der Waals surface area contributed by atoms with E-state index in [4.69, 9.17) is 32.7 Å². The van der Waals surface area contributed by atoms with Crippen LogP contribution >= 0.6 is 23.2 Å². The highest BCUT2D eigenvalue weighted by Crippen LogP contribution is 2.31. The molecule has 0 fully saturated rings. The molecule has 0 N–H and O–H groups in total. The molecule has 0 radical (unpaired) electrons. The smallest absolute Gasteiger partial charge is 0.267 e. The first kappa shape index (κ1) is 18.3. The summed E-state index contributed by atoms with van der Waals surface area (Å²) in [5.41, 5.74) is 1.88. The molecule has 0 atom stereocenters. The molecule has 0 spiro atoms. The lowest BCUT2D eigenvalue weighted by molar-refractivity contribution is 0.395. The first-order valence-corrected chi connectivity index (χ1v) is 8.52. The standard InChI is InChI=1S/C19H16Cl2N2O3/c1-25-14-5-6-15(18(10-14)26-2)17-7-8-19(24)23(22-17)11-12-3-4-13(20)9-16(12)21/h3-10H,11H2,1-2H3. The van der Waals surface area contributed by atoms with E-state index in [0.717, 1.165) is 11.1 Å². The quantitative estimate of drug-likeness (QED) is 0.652. The van der Waals surface area contributed by atoms with Crippen molar-refractivity contribution in [2.24, 2.45) is 0 Å². The number of ether oxygens (including phenoxy) is 2. The van der Waals surface area contributed by atoms with Crippen molar-refractivity contribution in [1.29, 1.82) is 0 Å². The maximum Gasteiger partial charge on any atom is 0.267 e. The summed E-state index contributed by atoms with van der Waals surface area (Å²) in [7, 11) is 3.16. The highest BCUT2D eigenvalue weighted by molar-refractivity contribution is 6.35. The van der Waals surface area contributed by atoms with Crippen LogP contribution in [-0.4, -0.2) is 24.0 Å². The van der Waals surface area contributed by atoms with E-state index in [1.54, 1.807) is 44.6 Å². The molecule has 0 saturated carbocycles. The largest absolute Gasteiger partial charge is 0.497 e. The molecule has 0 amide bonds. The van der Waals surface area contributed by atoms with Crippen LogP contribution in [0, 0.1) is 0 Å². The average molecular weight is 391 g/mol. The van der Waals surface area contributed by atoms with Crippen LogP contribution in [0.5, 0.6) is 11.5 Å². The summed E-state index contributed by atoms with van der Waals surface area (Å²) in [5, 5.41) is 5.48. The zero-order valence-corrected chi connectivity index (χ0v) is 15.7. The van der Waals surface area contributed by atoms with E-state index < -0.39 is 0 Å². The van der Waals surface area contributed by atoms with Gasteiger partial charge in [-0.2, -0.15) is 5.10 Å². The Bertz CT molecular complexity index is 1000. The lowest BCUT2D eigenvalue weighted by Gasteiger charge is -2.12. The maximum absolute atomic E-state index is 12.2. The zero-order chi connectivity index (χ0) is 18.7. The van der Waals surface area contributed by atoms with Crippen LogP contribution in [0.4, 0.5) is 0 Å². The van der Waals surface area contributed by atoms with Crippen molar-refractivity contribution in [2.75, 3.05) is 14.2 Å². The minimum atomic E-state index is -0.229. The molecule has 134 valence electrons. The van der Waals surface area contributed by atoms with Crippen LogP contribution in [0.15, 0.2) is 53.3 Å². The summed E-state index contributed by atoms with van der Waals surface area (Å²) in [6, 6.07) is 13.7. The van der Waals surface area contributed by atoms with E-state index in [-0.39, 0.29) is 12.1 Å². The molecular weight excluding hydrogens is 375 g/mol. The second-order valence-electron chi connectivity index (χ2n) is 5.52. The van der Waals surface area contributed by atoms with Gasteiger partial charge in [-0.15, -0.1) is 0 Å². The molecular formula is C19H16Cl2N2O3. The minimum absolute atomic E-state index is 0.229. The Kier molecular flexibility index (Phi) is 5.49. The van der Waals surface area contributed by atoms with Crippen molar-refractivity contribution in [3.05, 3.63) is 74.5 Å².